The lowest BCUT2D eigenvalue weighted by atomic mass is 9.95. The average molecular weight is 566 g/mol. The maximum atomic E-state index is 13.8. The van der Waals surface area contributed by atoms with Gasteiger partial charge >= 0.3 is 0 Å². The third-order valence-corrected chi connectivity index (χ3v) is 7.47. The van der Waals surface area contributed by atoms with Gasteiger partial charge in [-0.15, -0.1) is 11.6 Å². The highest BCUT2D eigenvalue weighted by atomic mass is 35.5. The van der Waals surface area contributed by atoms with E-state index in [0.29, 0.717) is 5.56 Å². The molecule has 4 rings (SSSR count). The molecule has 1 saturated heterocycles. The quantitative estimate of drug-likeness (QED) is 0.326. The second-order valence-electron chi connectivity index (χ2n) is 11.4. The van der Waals surface area contributed by atoms with Gasteiger partial charge in [0, 0.05) is 23.2 Å². The van der Waals surface area contributed by atoms with E-state index in [9.17, 15) is 24.6 Å². The van der Waals surface area contributed by atoms with Gasteiger partial charge in [-0.1, -0.05) is 48.5 Å². The zero-order valence-electron chi connectivity index (χ0n) is 23.1. The molecule has 40 heavy (non-hydrogen) atoms. The standard InChI is InChI=1S/C31H36ClN3O5/c1-18-22(13-8-14-26(18)36)28(38)33-24(15-20-11-7-10-19-9-5-6-12-23(19)20)27(37)30(40)35-17-21(32)16-25(35)29(39)34-31(2,3)4/h5-14,21,24-25,27,36-37H,15-17H2,1-4H3,(H,33,38)(H,34,39)/t21-,24-,25-,27-/m0/s1. The molecule has 1 fully saturated rings. The SMILES string of the molecule is Cc1c(O)cccc1C(=O)N[C@@H](Cc1cccc2ccccc12)[C@H](O)C(=O)N1C[C@@H](Cl)C[C@H]1C(=O)NC(C)(C)C. The largest absolute Gasteiger partial charge is 0.508 e. The normalized spacial score (nSPS) is 18.8. The molecule has 0 aliphatic carbocycles. The minimum Gasteiger partial charge on any atom is -0.508 e. The molecule has 8 nitrogen and oxygen atoms in total. The fourth-order valence-electron chi connectivity index (χ4n) is 5.14. The highest BCUT2D eigenvalue weighted by Crippen LogP contribution is 2.26. The van der Waals surface area contributed by atoms with Crippen LogP contribution < -0.4 is 10.6 Å². The number of aliphatic hydroxyl groups is 1. The molecule has 0 unspecified atom stereocenters. The van der Waals surface area contributed by atoms with Crippen LogP contribution in [0.25, 0.3) is 10.8 Å². The van der Waals surface area contributed by atoms with E-state index in [4.69, 9.17) is 11.6 Å². The fraction of sp³-hybridized carbons (Fsp3) is 0.387. The van der Waals surface area contributed by atoms with E-state index < -0.39 is 40.9 Å². The molecule has 212 valence electrons. The van der Waals surface area contributed by atoms with Crippen molar-refractivity contribution < 1.29 is 24.6 Å². The van der Waals surface area contributed by atoms with Crippen LogP contribution >= 0.6 is 11.6 Å². The Bertz CT molecular complexity index is 1410. The summed E-state index contributed by atoms with van der Waals surface area (Å²) in [6, 6.07) is 16.2. The molecule has 3 aromatic carbocycles. The molecule has 3 aromatic rings. The van der Waals surface area contributed by atoms with Crippen molar-refractivity contribution in [2.75, 3.05) is 6.54 Å². The molecular formula is C31H36ClN3O5. The van der Waals surface area contributed by atoms with Crippen molar-refractivity contribution in [3.05, 3.63) is 77.4 Å². The number of likely N-dealkylation sites (tertiary alicyclic amines) is 1. The molecule has 0 radical (unpaired) electrons. The Kier molecular flexibility index (Phi) is 8.71. The van der Waals surface area contributed by atoms with Gasteiger partial charge in [0.2, 0.25) is 5.91 Å². The molecule has 4 N–H and O–H groups in total. The number of benzene rings is 3. The van der Waals surface area contributed by atoms with Crippen LogP contribution in [-0.2, 0) is 16.0 Å². The predicted molar refractivity (Wildman–Crippen MR) is 155 cm³/mol. The van der Waals surface area contributed by atoms with Crippen molar-refractivity contribution in [1.82, 2.24) is 15.5 Å². The Morgan fingerprint density at radius 2 is 1.73 bits per heavy atom. The van der Waals surface area contributed by atoms with Crippen molar-refractivity contribution in [2.24, 2.45) is 0 Å². The number of carbonyl (C=O) groups is 3. The van der Waals surface area contributed by atoms with Gasteiger partial charge < -0.3 is 25.7 Å². The lowest BCUT2D eigenvalue weighted by Crippen LogP contribution is -2.57. The van der Waals surface area contributed by atoms with Crippen molar-refractivity contribution in [3.63, 3.8) is 0 Å². The number of nitrogens with zero attached hydrogens (tertiary/aromatic N) is 1. The van der Waals surface area contributed by atoms with Gasteiger partial charge in [-0.2, -0.15) is 0 Å². The summed E-state index contributed by atoms with van der Waals surface area (Å²) in [4.78, 5) is 41.5. The van der Waals surface area contributed by atoms with Gasteiger partial charge in [0.05, 0.1) is 11.4 Å². The van der Waals surface area contributed by atoms with Gasteiger partial charge in [-0.05, 0) is 69.0 Å². The lowest BCUT2D eigenvalue weighted by Gasteiger charge is -2.32. The van der Waals surface area contributed by atoms with Crippen LogP contribution in [0.1, 0.15) is 48.7 Å². The first kappa shape index (κ1) is 29.4. The molecule has 3 amide bonds. The van der Waals surface area contributed by atoms with Crippen molar-refractivity contribution >= 4 is 40.1 Å². The van der Waals surface area contributed by atoms with E-state index in [2.05, 4.69) is 10.6 Å². The Hall–Kier alpha value is -3.62. The Balaban J connectivity index is 1.66. The Morgan fingerprint density at radius 3 is 2.45 bits per heavy atom. The number of aromatic hydroxyl groups is 1. The van der Waals surface area contributed by atoms with Gasteiger partial charge in [0.15, 0.2) is 6.10 Å². The van der Waals surface area contributed by atoms with E-state index >= 15 is 0 Å². The molecule has 0 spiro atoms. The van der Waals surface area contributed by atoms with E-state index in [1.807, 2.05) is 63.2 Å². The smallest absolute Gasteiger partial charge is 0.254 e. The maximum absolute atomic E-state index is 13.8. The van der Waals surface area contributed by atoms with Gasteiger partial charge in [0.25, 0.3) is 11.8 Å². The molecule has 0 bridgehead atoms. The average Bonchev–Trinajstić information content (AvgIpc) is 3.30. The van der Waals surface area contributed by atoms with Gasteiger partial charge in [0.1, 0.15) is 11.8 Å². The summed E-state index contributed by atoms with van der Waals surface area (Å²) in [5.41, 5.74) is 0.931. The van der Waals surface area contributed by atoms with Crippen LogP contribution in [0.5, 0.6) is 5.75 Å². The summed E-state index contributed by atoms with van der Waals surface area (Å²) in [6.45, 7) is 7.25. The number of aliphatic hydroxyl groups excluding tert-OH is 1. The number of phenols is 1. The second-order valence-corrected chi connectivity index (χ2v) is 12.0. The number of alkyl halides is 1. The molecule has 0 aromatic heterocycles. The fourth-order valence-corrected chi connectivity index (χ4v) is 5.45. The third-order valence-electron chi connectivity index (χ3n) is 7.15. The number of hydrogen-bond donors (Lipinski definition) is 4. The molecule has 1 aliphatic heterocycles. The number of phenolic OH excluding ortho intramolecular Hbond substituents is 1. The third kappa shape index (κ3) is 6.57. The zero-order chi connectivity index (χ0) is 29.2. The number of hydrogen-bond acceptors (Lipinski definition) is 5. The monoisotopic (exact) mass is 565 g/mol. The summed E-state index contributed by atoms with van der Waals surface area (Å²) in [5.74, 6) is -1.60. The van der Waals surface area contributed by atoms with E-state index in [0.717, 1.165) is 16.3 Å². The number of halogens is 1. The summed E-state index contributed by atoms with van der Waals surface area (Å²) in [6.07, 6.45) is -1.26. The Morgan fingerprint density at radius 1 is 1.05 bits per heavy atom. The van der Waals surface area contributed by atoms with Crippen LogP contribution in [0.15, 0.2) is 60.7 Å². The van der Waals surface area contributed by atoms with Crippen molar-refractivity contribution in [3.8, 4) is 5.75 Å². The topological polar surface area (TPSA) is 119 Å². The first-order valence-electron chi connectivity index (χ1n) is 13.4. The number of fused-ring (bicyclic) bond motifs is 1. The number of rotatable bonds is 7. The van der Waals surface area contributed by atoms with E-state index in [-0.39, 0.29) is 36.6 Å². The van der Waals surface area contributed by atoms with Crippen LogP contribution in [0, 0.1) is 6.92 Å². The van der Waals surface area contributed by atoms with E-state index in [1.165, 1.54) is 11.0 Å². The van der Waals surface area contributed by atoms with Crippen LogP contribution in [0.4, 0.5) is 0 Å². The molecule has 4 atom stereocenters. The highest BCUT2D eigenvalue weighted by molar-refractivity contribution is 6.21. The second kappa shape index (κ2) is 11.9. The number of nitrogens with one attached hydrogen (secondary N) is 2. The van der Waals surface area contributed by atoms with Gasteiger partial charge in [-0.3, -0.25) is 14.4 Å². The molecule has 1 heterocycles. The maximum Gasteiger partial charge on any atom is 0.254 e. The first-order chi connectivity index (χ1) is 18.9. The summed E-state index contributed by atoms with van der Waals surface area (Å²) in [7, 11) is 0. The summed E-state index contributed by atoms with van der Waals surface area (Å²) in [5, 5.41) is 28.8. The van der Waals surface area contributed by atoms with Crippen LogP contribution in [-0.4, -0.2) is 68.5 Å². The van der Waals surface area contributed by atoms with Crippen LogP contribution in [0.3, 0.4) is 0 Å². The Labute approximate surface area is 239 Å². The first-order valence-corrected chi connectivity index (χ1v) is 13.8. The predicted octanol–water partition coefficient (Wildman–Crippen LogP) is 3.68. The molecule has 0 saturated carbocycles. The van der Waals surface area contributed by atoms with Gasteiger partial charge in [-0.25, -0.2) is 0 Å². The number of carbonyl (C=O) groups excluding carboxylic acids is 3. The number of amides is 3. The molecule has 1 aliphatic rings. The highest BCUT2D eigenvalue weighted by Gasteiger charge is 2.43. The lowest BCUT2D eigenvalue weighted by molar-refractivity contribution is -0.146. The van der Waals surface area contributed by atoms with Crippen molar-refractivity contribution in [1.29, 1.82) is 0 Å². The summed E-state index contributed by atoms with van der Waals surface area (Å²) >= 11 is 6.39. The van der Waals surface area contributed by atoms with Crippen LogP contribution in [0.2, 0.25) is 0 Å². The molecule has 9 heteroatoms. The minimum atomic E-state index is -1.66. The van der Waals surface area contributed by atoms with E-state index in [1.54, 1.807) is 19.1 Å². The summed E-state index contributed by atoms with van der Waals surface area (Å²) < 4.78 is 0. The molecular weight excluding hydrogens is 530 g/mol. The minimum absolute atomic E-state index is 0.0344. The zero-order valence-corrected chi connectivity index (χ0v) is 23.9. The van der Waals surface area contributed by atoms with Crippen molar-refractivity contribution in [2.45, 2.75) is 69.6 Å².